The second-order valence-electron chi connectivity index (χ2n) is 7.46. The Morgan fingerprint density at radius 3 is 2.56 bits per heavy atom. The molecule has 0 N–H and O–H groups in total. The van der Waals surface area contributed by atoms with Crippen LogP contribution in [0.25, 0.3) is 0 Å². The van der Waals surface area contributed by atoms with Crippen molar-refractivity contribution >= 4 is 5.91 Å². The molecule has 0 aliphatic carbocycles. The van der Waals surface area contributed by atoms with Crippen molar-refractivity contribution in [2.45, 2.75) is 26.6 Å². The third-order valence-corrected chi connectivity index (χ3v) is 5.07. The molecule has 4 aromatic rings. The Labute approximate surface area is 186 Å². The van der Waals surface area contributed by atoms with Gasteiger partial charge in [-0.05, 0) is 66.1 Å². The number of hydrogen-bond donors (Lipinski definition) is 0. The van der Waals surface area contributed by atoms with Crippen LogP contribution in [0.15, 0.2) is 89.6 Å². The number of furan rings is 1. The van der Waals surface area contributed by atoms with E-state index in [0.29, 0.717) is 24.6 Å². The molecule has 4 rings (SSSR count). The number of amides is 1. The van der Waals surface area contributed by atoms with Crippen LogP contribution in [0.5, 0.6) is 5.75 Å². The van der Waals surface area contributed by atoms with Crippen LogP contribution in [0.4, 0.5) is 4.39 Å². The van der Waals surface area contributed by atoms with Crippen molar-refractivity contribution in [2.75, 3.05) is 0 Å². The molecule has 0 saturated heterocycles. The lowest BCUT2D eigenvalue weighted by Crippen LogP contribution is -2.30. The van der Waals surface area contributed by atoms with Crippen LogP contribution in [0.1, 0.15) is 33.0 Å². The normalized spacial score (nSPS) is 10.7. The molecule has 0 bridgehead atoms. The molecule has 2 heterocycles. The second kappa shape index (κ2) is 9.92. The largest absolute Gasteiger partial charge is 0.486 e. The number of carbonyl (C=O) groups excluding carboxylic acids is 1. The highest BCUT2D eigenvalue weighted by Crippen LogP contribution is 2.19. The Hall–Kier alpha value is -3.93. The number of carbonyl (C=O) groups is 1. The second-order valence-corrected chi connectivity index (χ2v) is 7.46. The molecule has 0 unspecified atom stereocenters. The Balaban J connectivity index is 1.50. The predicted molar refractivity (Wildman–Crippen MR) is 118 cm³/mol. The van der Waals surface area contributed by atoms with Crippen LogP contribution in [0, 0.1) is 12.7 Å². The first kappa shape index (κ1) is 21.3. The van der Waals surface area contributed by atoms with Gasteiger partial charge in [0, 0.05) is 25.5 Å². The fourth-order valence-corrected chi connectivity index (χ4v) is 3.32. The summed E-state index contributed by atoms with van der Waals surface area (Å²) in [6, 6.07) is 20.9. The van der Waals surface area contributed by atoms with E-state index in [9.17, 15) is 9.18 Å². The third kappa shape index (κ3) is 5.40. The lowest BCUT2D eigenvalue weighted by molar-refractivity contribution is 0.0693. The molecule has 2 aromatic heterocycles. The maximum absolute atomic E-state index is 13.3. The van der Waals surface area contributed by atoms with E-state index < -0.39 is 0 Å². The average molecular weight is 430 g/mol. The molecule has 0 radical (unpaired) electrons. The number of rotatable bonds is 8. The quantitative estimate of drug-likeness (QED) is 0.368. The van der Waals surface area contributed by atoms with E-state index in [2.05, 4.69) is 4.98 Å². The summed E-state index contributed by atoms with van der Waals surface area (Å²) in [5.41, 5.74) is 3.11. The minimum atomic E-state index is -0.328. The molecule has 2 aromatic carbocycles. The van der Waals surface area contributed by atoms with E-state index in [1.165, 1.54) is 12.1 Å². The van der Waals surface area contributed by atoms with Gasteiger partial charge in [-0.2, -0.15) is 0 Å². The van der Waals surface area contributed by atoms with Gasteiger partial charge in [-0.15, -0.1) is 0 Å². The minimum absolute atomic E-state index is 0.138. The van der Waals surface area contributed by atoms with Crippen molar-refractivity contribution in [3.05, 3.63) is 119 Å². The number of ether oxygens (including phenoxy) is 1. The Morgan fingerprint density at radius 1 is 1.00 bits per heavy atom. The topological polar surface area (TPSA) is 55.6 Å². The lowest BCUT2D eigenvalue weighted by Gasteiger charge is -2.23. The fraction of sp³-hybridized carbons (Fsp3) is 0.154. The van der Waals surface area contributed by atoms with Crippen LogP contribution in [-0.4, -0.2) is 15.8 Å². The minimum Gasteiger partial charge on any atom is -0.486 e. The monoisotopic (exact) mass is 430 g/mol. The van der Waals surface area contributed by atoms with Gasteiger partial charge < -0.3 is 14.1 Å². The van der Waals surface area contributed by atoms with Crippen LogP contribution in [0.2, 0.25) is 0 Å². The standard InChI is InChI=1S/C26H23FN2O3/c1-19-5-2-3-7-21(19)17-29(16-20-6-4-14-28-15-20)26(30)25-13-12-24(32-25)18-31-23-10-8-22(27)9-11-23/h2-15H,16-18H2,1H3. The summed E-state index contributed by atoms with van der Waals surface area (Å²) in [6.45, 7) is 3.02. The number of halogens is 1. The van der Waals surface area contributed by atoms with Crippen molar-refractivity contribution in [1.82, 2.24) is 9.88 Å². The summed E-state index contributed by atoms with van der Waals surface area (Å²) in [7, 11) is 0. The Morgan fingerprint density at radius 2 is 1.81 bits per heavy atom. The summed E-state index contributed by atoms with van der Waals surface area (Å²) in [6.07, 6.45) is 3.46. The number of hydrogen-bond acceptors (Lipinski definition) is 4. The van der Waals surface area contributed by atoms with Gasteiger partial charge in [-0.1, -0.05) is 30.3 Å². The molecule has 32 heavy (non-hydrogen) atoms. The van der Waals surface area contributed by atoms with Gasteiger partial charge >= 0.3 is 0 Å². The molecular formula is C26H23FN2O3. The molecule has 0 aliphatic rings. The zero-order valence-corrected chi connectivity index (χ0v) is 17.7. The van der Waals surface area contributed by atoms with Gasteiger partial charge in [0.2, 0.25) is 0 Å². The van der Waals surface area contributed by atoms with Crippen molar-refractivity contribution in [3.8, 4) is 5.75 Å². The highest BCUT2D eigenvalue weighted by molar-refractivity contribution is 5.91. The van der Waals surface area contributed by atoms with Crippen molar-refractivity contribution in [1.29, 1.82) is 0 Å². The van der Waals surface area contributed by atoms with Gasteiger partial charge in [0.15, 0.2) is 5.76 Å². The first-order valence-electron chi connectivity index (χ1n) is 10.3. The van der Waals surface area contributed by atoms with Crippen molar-refractivity contribution in [3.63, 3.8) is 0 Å². The molecule has 0 fully saturated rings. The summed E-state index contributed by atoms with van der Waals surface area (Å²) >= 11 is 0. The summed E-state index contributed by atoms with van der Waals surface area (Å²) in [5.74, 6) is 0.722. The summed E-state index contributed by atoms with van der Waals surface area (Å²) < 4.78 is 24.4. The Kier molecular flexibility index (Phi) is 6.60. The van der Waals surface area contributed by atoms with E-state index in [1.807, 2.05) is 43.3 Å². The van der Waals surface area contributed by atoms with Gasteiger partial charge in [0.25, 0.3) is 5.91 Å². The maximum Gasteiger partial charge on any atom is 0.290 e. The van der Waals surface area contributed by atoms with E-state index in [1.54, 1.807) is 41.6 Å². The van der Waals surface area contributed by atoms with Crippen LogP contribution >= 0.6 is 0 Å². The van der Waals surface area contributed by atoms with Crippen LogP contribution in [-0.2, 0) is 19.7 Å². The first-order chi connectivity index (χ1) is 15.6. The zero-order valence-electron chi connectivity index (χ0n) is 17.7. The number of aryl methyl sites for hydroxylation is 1. The summed E-state index contributed by atoms with van der Waals surface area (Å²) in [5, 5.41) is 0. The zero-order chi connectivity index (χ0) is 22.3. The number of nitrogens with zero attached hydrogens (tertiary/aromatic N) is 2. The predicted octanol–water partition coefficient (Wildman–Crippen LogP) is 5.54. The lowest BCUT2D eigenvalue weighted by atomic mass is 10.1. The molecule has 0 atom stereocenters. The Bertz CT molecular complexity index is 1170. The van der Waals surface area contributed by atoms with Gasteiger partial charge in [0.05, 0.1) is 0 Å². The molecule has 5 nitrogen and oxygen atoms in total. The van der Waals surface area contributed by atoms with E-state index in [0.717, 1.165) is 16.7 Å². The SMILES string of the molecule is Cc1ccccc1CN(Cc1cccnc1)C(=O)c1ccc(COc2ccc(F)cc2)o1. The molecule has 6 heteroatoms. The number of aromatic nitrogens is 1. The van der Waals surface area contributed by atoms with Crippen molar-refractivity contribution < 1.29 is 18.3 Å². The molecule has 0 aliphatic heterocycles. The molecule has 162 valence electrons. The average Bonchev–Trinajstić information content (AvgIpc) is 3.29. The molecule has 0 spiro atoms. The van der Waals surface area contributed by atoms with Gasteiger partial charge in [0.1, 0.15) is 23.9 Å². The highest BCUT2D eigenvalue weighted by Gasteiger charge is 2.21. The number of pyridine rings is 1. The summed E-state index contributed by atoms with van der Waals surface area (Å²) in [4.78, 5) is 19.2. The van der Waals surface area contributed by atoms with Crippen LogP contribution in [0.3, 0.4) is 0 Å². The van der Waals surface area contributed by atoms with Crippen LogP contribution < -0.4 is 4.74 Å². The smallest absolute Gasteiger partial charge is 0.290 e. The maximum atomic E-state index is 13.3. The van der Waals surface area contributed by atoms with E-state index >= 15 is 0 Å². The highest BCUT2D eigenvalue weighted by atomic mass is 19.1. The van der Waals surface area contributed by atoms with Gasteiger partial charge in [-0.3, -0.25) is 9.78 Å². The molecule has 0 saturated carbocycles. The molecule has 1 amide bonds. The van der Waals surface area contributed by atoms with Gasteiger partial charge in [-0.25, -0.2) is 4.39 Å². The number of benzene rings is 2. The fourth-order valence-electron chi connectivity index (χ4n) is 3.32. The van der Waals surface area contributed by atoms with E-state index in [4.69, 9.17) is 9.15 Å². The van der Waals surface area contributed by atoms with Crippen molar-refractivity contribution in [2.24, 2.45) is 0 Å². The van der Waals surface area contributed by atoms with E-state index in [-0.39, 0.29) is 24.1 Å². The first-order valence-corrected chi connectivity index (χ1v) is 10.3. The molecular weight excluding hydrogens is 407 g/mol. The third-order valence-electron chi connectivity index (χ3n) is 5.07.